The molecule has 3 aromatic carbocycles. The lowest BCUT2D eigenvalue weighted by molar-refractivity contribution is 0.185. The average molecular weight is 326 g/mol. The predicted molar refractivity (Wildman–Crippen MR) is 106 cm³/mol. The van der Waals surface area contributed by atoms with Crippen LogP contribution in [0.15, 0.2) is 92.0 Å². The molecule has 0 heterocycles. The third kappa shape index (κ3) is 3.96. The Labute approximate surface area is 149 Å². The van der Waals surface area contributed by atoms with Crippen LogP contribution in [-0.2, 0) is 11.3 Å². The van der Waals surface area contributed by atoms with Crippen LogP contribution in [0.2, 0.25) is 0 Å². The van der Waals surface area contributed by atoms with Gasteiger partial charge in [-0.15, -0.1) is 0 Å². The average Bonchev–Trinajstić information content (AvgIpc) is 2.68. The molecule has 3 rings (SSSR count). The zero-order valence-corrected chi connectivity index (χ0v) is 14.5. The quantitative estimate of drug-likeness (QED) is 0.543. The number of benzene rings is 3. The third-order valence-corrected chi connectivity index (χ3v) is 4.27. The van der Waals surface area contributed by atoms with Gasteiger partial charge in [0.2, 0.25) is 0 Å². The van der Waals surface area contributed by atoms with Crippen LogP contribution < -0.4 is 0 Å². The maximum atomic E-state index is 5.23. The molecule has 0 saturated carbocycles. The van der Waals surface area contributed by atoms with E-state index < -0.39 is 0 Å². The van der Waals surface area contributed by atoms with Crippen molar-refractivity contribution in [1.82, 2.24) is 0 Å². The lowest BCUT2D eigenvalue weighted by Gasteiger charge is -2.12. The summed E-state index contributed by atoms with van der Waals surface area (Å²) in [7, 11) is 1.71. The van der Waals surface area contributed by atoms with Gasteiger partial charge in [-0.3, -0.25) is 0 Å². The molecule has 0 amide bonds. The fraction of sp³-hybridized carbons (Fsp3) is 0.0833. The Morgan fingerprint density at radius 1 is 0.680 bits per heavy atom. The summed E-state index contributed by atoms with van der Waals surface area (Å²) in [5.41, 5.74) is 7.61. The molecule has 1 nitrogen and oxygen atoms in total. The van der Waals surface area contributed by atoms with Gasteiger partial charge in [0.15, 0.2) is 0 Å². The Morgan fingerprint density at radius 3 is 1.84 bits per heavy atom. The summed E-state index contributed by atoms with van der Waals surface area (Å²) < 4.78 is 5.23. The first-order chi connectivity index (χ1) is 12.2. The van der Waals surface area contributed by atoms with E-state index in [0.29, 0.717) is 6.61 Å². The molecule has 0 aliphatic rings. The van der Waals surface area contributed by atoms with Crippen LogP contribution in [0.3, 0.4) is 0 Å². The Balaban J connectivity index is 1.90. The van der Waals surface area contributed by atoms with E-state index in [-0.39, 0.29) is 0 Å². The zero-order chi connectivity index (χ0) is 17.6. The molecule has 124 valence electrons. The highest BCUT2D eigenvalue weighted by Crippen LogP contribution is 2.27. The zero-order valence-electron chi connectivity index (χ0n) is 14.5. The summed E-state index contributed by atoms with van der Waals surface area (Å²) >= 11 is 0. The summed E-state index contributed by atoms with van der Waals surface area (Å²) in [5, 5.41) is 0. The molecule has 0 bridgehead atoms. The maximum absolute atomic E-state index is 5.23. The molecule has 0 fully saturated rings. The van der Waals surface area contributed by atoms with Crippen LogP contribution in [0.1, 0.15) is 27.8 Å². The van der Waals surface area contributed by atoms with E-state index in [1.165, 1.54) is 0 Å². The summed E-state index contributed by atoms with van der Waals surface area (Å²) in [6.45, 7) is 9.16. The Kier molecular flexibility index (Phi) is 5.27. The largest absolute Gasteiger partial charge is 0.380 e. The van der Waals surface area contributed by atoms with Crippen molar-refractivity contribution >= 4 is 11.1 Å². The van der Waals surface area contributed by atoms with Gasteiger partial charge in [0.1, 0.15) is 0 Å². The lowest BCUT2D eigenvalue weighted by atomic mass is 9.93. The van der Waals surface area contributed by atoms with Gasteiger partial charge in [0.25, 0.3) is 0 Å². The van der Waals surface area contributed by atoms with Crippen molar-refractivity contribution in [2.75, 3.05) is 7.11 Å². The molecular weight excluding hydrogens is 304 g/mol. The van der Waals surface area contributed by atoms with Gasteiger partial charge in [-0.25, -0.2) is 0 Å². The molecule has 0 spiro atoms. The molecule has 25 heavy (non-hydrogen) atoms. The van der Waals surface area contributed by atoms with Crippen molar-refractivity contribution in [3.8, 4) is 0 Å². The highest BCUT2D eigenvalue weighted by molar-refractivity contribution is 5.83. The number of hydrogen-bond acceptors (Lipinski definition) is 1. The fourth-order valence-corrected chi connectivity index (χ4v) is 2.88. The summed E-state index contributed by atoms with van der Waals surface area (Å²) in [4.78, 5) is 0. The second-order valence-corrected chi connectivity index (χ2v) is 6.04. The SMILES string of the molecule is C=C(c1ccccc1)c1cccc(C(=C)c2cccc(COC)c2)c1. The normalized spacial score (nSPS) is 10.4. The van der Waals surface area contributed by atoms with E-state index in [1.54, 1.807) is 7.11 Å². The van der Waals surface area contributed by atoms with Gasteiger partial charge in [-0.05, 0) is 51.1 Å². The molecule has 0 aliphatic carbocycles. The maximum Gasteiger partial charge on any atom is 0.0713 e. The molecule has 0 atom stereocenters. The highest BCUT2D eigenvalue weighted by Gasteiger charge is 2.07. The molecule has 0 unspecified atom stereocenters. The minimum Gasteiger partial charge on any atom is -0.380 e. The molecular formula is C24H22O. The Morgan fingerprint density at radius 2 is 1.20 bits per heavy atom. The molecule has 0 N–H and O–H groups in total. The number of rotatable bonds is 6. The van der Waals surface area contributed by atoms with Gasteiger partial charge >= 0.3 is 0 Å². The molecule has 0 radical (unpaired) electrons. The molecule has 1 heteroatoms. The van der Waals surface area contributed by atoms with E-state index in [9.17, 15) is 0 Å². The van der Waals surface area contributed by atoms with Crippen molar-refractivity contribution < 1.29 is 4.74 Å². The Bertz CT molecular complexity index is 891. The van der Waals surface area contributed by atoms with Crippen LogP contribution in [0, 0.1) is 0 Å². The first-order valence-corrected chi connectivity index (χ1v) is 8.31. The Hall–Kier alpha value is -2.90. The van der Waals surface area contributed by atoms with Crippen molar-refractivity contribution in [3.63, 3.8) is 0 Å². The van der Waals surface area contributed by atoms with Gasteiger partial charge in [-0.1, -0.05) is 79.9 Å². The first-order valence-electron chi connectivity index (χ1n) is 8.31. The minimum atomic E-state index is 0.603. The van der Waals surface area contributed by atoms with Gasteiger partial charge in [0, 0.05) is 7.11 Å². The fourth-order valence-electron chi connectivity index (χ4n) is 2.88. The van der Waals surface area contributed by atoms with E-state index in [2.05, 4.69) is 67.8 Å². The lowest BCUT2D eigenvalue weighted by Crippen LogP contribution is -1.93. The van der Waals surface area contributed by atoms with Gasteiger partial charge in [0.05, 0.1) is 6.61 Å². The van der Waals surface area contributed by atoms with E-state index in [1.807, 2.05) is 24.3 Å². The van der Waals surface area contributed by atoms with Crippen LogP contribution in [-0.4, -0.2) is 7.11 Å². The van der Waals surface area contributed by atoms with E-state index in [0.717, 1.165) is 39.0 Å². The monoisotopic (exact) mass is 326 g/mol. The molecule has 0 aliphatic heterocycles. The molecule has 0 saturated heterocycles. The van der Waals surface area contributed by atoms with Crippen molar-refractivity contribution in [2.24, 2.45) is 0 Å². The number of hydrogen-bond donors (Lipinski definition) is 0. The molecule has 0 aromatic heterocycles. The van der Waals surface area contributed by atoms with Crippen LogP contribution in [0.5, 0.6) is 0 Å². The number of methoxy groups -OCH3 is 1. The summed E-state index contributed by atoms with van der Waals surface area (Å²) in [5.74, 6) is 0. The summed E-state index contributed by atoms with van der Waals surface area (Å²) in [6, 6.07) is 27.0. The van der Waals surface area contributed by atoms with Crippen molar-refractivity contribution in [2.45, 2.75) is 6.61 Å². The highest BCUT2D eigenvalue weighted by atomic mass is 16.5. The topological polar surface area (TPSA) is 9.23 Å². The standard InChI is InChI=1S/C24H22O/c1-18(21-10-5-4-6-11-21)23-13-8-14-24(16-23)19(2)22-12-7-9-20(15-22)17-25-3/h4-16H,1-2,17H2,3H3. The van der Waals surface area contributed by atoms with Crippen LogP contribution in [0.4, 0.5) is 0 Å². The second kappa shape index (κ2) is 7.78. The number of ether oxygens (including phenoxy) is 1. The first kappa shape index (κ1) is 16.9. The third-order valence-electron chi connectivity index (χ3n) is 4.27. The van der Waals surface area contributed by atoms with Crippen LogP contribution in [0.25, 0.3) is 11.1 Å². The summed E-state index contributed by atoms with van der Waals surface area (Å²) in [6.07, 6.45) is 0. The predicted octanol–water partition coefficient (Wildman–Crippen LogP) is 5.96. The second-order valence-electron chi connectivity index (χ2n) is 6.04. The van der Waals surface area contributed by atoms with E-state index in [4.69, 9.17) is 4.74 Å². The van der Waals surface area contributed by atoms with Crippen LogP contribution >= 0.6 is 0 Å². The minimum absolute atomic E-state index is 0.603. The smallest absolute Gasteiger partial charge is 0.0713 e. The van der Waals surface area contributed by atoms with Crippen molar-refractivity contribution in [1.29, 1.82) is 0 Å². The van der Waals surface area contributed by atoms with E-state index >= 15 is 0 Å². The molecule has 3 aromatic rings. The van der Waals surface area contributed by atoms with Gasteiger partial charge < -0.3 is 4.74 Å². The van der Waals surface area contributed by atoms with Crippen molar-refractivity contribution in [3.05, 3.63) is 120 Å². The van der Waals surface area contributed by atoms with Gasteiger partial charge in [-0.2, -0.15) is 0 Å².